The highest BCUT2D eigenvalue weighted by atomic mass is 16.4. The summed E-state index contributed by atoms with van der Waals surface area (Å²) < 4.78 is 0. The van der Waals surface area contributed by atoms with Gasteiger partial charge in [-0.15, -0.1) is 0 Å². The maximum atomic E-state index is 11.5. The molecule has 7 heteroatoms. The number of nitrogens with zero attached hydrogens (tertiary/aromatic N) is 1. The highest BCUT2D eigenvalue weighted by Gasteiger charge is 2.53. The number of rotatable bonds is 1. The number of hydrogen-bond acceptors (Lipinski definition) is 3. The van der Waals surface area contributed by atoms with Crippen LogP contribution >= 0.6 is 0 Å². The molecule has 0 bridgehead atoms. The standard InChI is InChI=1S/C10H14N2O5/c13-7-6(8(14)15)10(5-11-7)1-3-12(4-2-10)9(16)17/h6H,1-5H2,(H,11,13)(H,14,15)(H,16,17). The molecule has 0 aromatic carbocycles. The molecule has 94 valence electrons. The maximum Gasteiger partial charge on any atom is 0.407 e. The summed E-state index contributed by atoms with van der Waals surface area (Å²) in [4.78, 5) is 34.6. The van der Waals surface area contributed by atoms with E-state index in [9.17, 15) is 14.4 Å². The fourth-order valence-corrected chi connectivity index (χ4v) is 2.73. The highest BCUT2D eigenvalue weighted by molar-refractivity contribution is 5.99. The third-order valence-corrected chi connectivity index (χ3v) is 3.77. The number of carboxylic acid groups (broad SMARTS) is 2. The van der Waals surface area contributed by atoms with Crippen LogP contribution in [-0.4, -0.2) is 52.7 Å². The molecule has 2 fully saturated rings. The minimum Gasteiger partial charge on any atom is -0.481 e. The number of likely N-dealkylation sites (tertiary alicyclic amines) is 1. The molecule has 0 aliphatic carbocycles. The van der Waals surface area contributed by atoms with E-state index in [1.165, 1.54) is 4.90 Å². The first kappa shape index (κ1) is 11.7. The Morgan fingerprint density at radius 2 is 1.88 bits per heavy atom. The predicted octanol–water partition coefficient (Wildman–Crippen LogP) is -0.423. The van der Waals surface area contributed by atoms with Gasteiger partial charge < -0.3 is 20.4 Å². The Morgan fingerprint density at radius 3 is 2.35 bits per heavy atom. The van der Waals surface area contributed by atoms with Crippen LogP contribution in [0.2, 0.25) is 0 Å². The van der Waals surface area contributed by atoms with Gasteiger partial charge in [0.1, 0.15) is 5.92 Å². The van der Waals surface area contributed by atoms with Crippen LogP contribution in [-0.2, 0) is 9.59 Å². The third-order valence-electron chi connectivity index (χ3n) is 3.77. The van der Waals surface area contributed by atoms with Crippen LogP contribution in [0.5, 0.6) is 0 Å². The minimum atomic E-state index is -1.12. The van der Waals surface area contributed by atoms with Crippen LogP contribution in [0.25, 0.3) is 0 Å². The summed E-state index contributed by atoms with van der Waals surface area (Å²) in [5, 5.41) is 20.5. The van der Waals surface area contributed by atoms with Crippen LogP contribution in [0.1, 0.15) is 12.8 Å². The zero-order valence-corrected chi connectivity index (χ0v) is 9.18. The Kier molecular flexibility index (Phi) is 2.68. The van der Waals surface area contributed by atoms with Gasteiger partial charge in [0.15, 0.2) is 0 Å². The molecule has 0 saturated carbocycles. The summed E-state index contributed by atoms with van der Waals surface area (Å²) in [7, 11) is 0. The normalized spacial score (nSPS) is 26.9. The number of hydrogen-bond donors (Lipinski definition) is 3. The van der Waals surface area contributed by atoms with Gasteiger partial charge in [-0.25, -0.2) is 4.79 Å². The SMILES string of the molecule is O=C(O)C1C(=O)NCC12CCN(C(=O)O)CC2. The van der Waals surface area contributed by atoms with E-state index in [2.05, 4.69) is 5.32 Å². The van der Waals surface area contributed by atoms with Crippen molar-refractivity contribution in [3.63, 3.8) is 0 Å². The quantitative estimate of drug-likeness (QED) is 0.541. The van der Waals surface area contributed by atoms with Gasteiger partial charge in [-0.2, -0.15) is 0 Å². The highest BCUT2D eigenvalue weighted by Crippen LogP contribution is 2.42. The molecule has 0 aromatic rings. The lowest BCUT2D eigenvalue weighted by molar-refractivity contribution is -0.150. The van der Waals surface area contributed by atoms with Crippen molar-refractivity contribution in [2.75, 3.05) is 19.6 Å². The predicted molar refractivity (Wildman–Crippen MR) is 55.4 cm³/mol. The number of amides is 2. The molecule has 0 aromatic heterocycles. The molecule has 0 radical (unpaired) electrons. The van der Waals surface area contributed by atoms with E-state index in [1.54, 1.807) is 0 Å². The number of carbonyl (C=O) groups is 3. The number of carboxylic acids is 1. The molecule has 1 atom stereocenters. The second-order valence-corrected chi connectivity index (χ2v) is 4.62. The van der Waals surface area contributed by atoms with Crippen molar-refractivity contribution in [2.24, 2.45) is 11.3 Å². The molecule has 2 rings (SSSR count). The summed E-state index contributed by atoms with van der Waals surface area (Å²) in [6, 6.07) is 0. The minimum absolute atomic E-state index is 0.286. The number of nitrogens with one attached hydrogen (secondary N) is 1. The largest absolute Gasteiger partial charge is 0.481 e. The molecular weight excluding hydrogens is 228 g/mol. The summed E-state index contributed by atoms with van der Waals surface area (Å²) in [5.41, 5.74) is -0.616. The Bertz CT molecular complexity index is 373. The molecule has 1 unspecified atom stereocenters. The van der Waals surface area contributed by atoms with E-state index < -0.39 is 29.3 Å². The molecule has 2 saturated heterocycles. The Balaban J connectivity index is 2.14. The number of carbonyl (C=O) groups excluding carboxylic acids is 1. The van der Waals surface area contributed by atoms with Gasteiger partial charge >= 0.3 is 12.1 Å². The average Bonchev–Trinajstić information content (AvgIpc) is 2.56. The lowest BCUT2D eigenvalue weighted by atomic mass is 9.70. The molecule has 1 spiro atoms. The zero-order valence-electron chi connectivity index (χ0n) is 9.18. The fraction of sp³-hybridized carbons (Fsp3) is 0.700. The number of piperidine rings is 1. The molecule has 7 nitrogen and oxygen atoms in total. The van der Waals surface area contributed by atoms with Gasteiger partial charge in [0.2, 0.25) is 5.91 Å². The zero-order chi connectivity index (χ0) is 12.6. The van der Waals surface area contributed by atoms with Gasteiger partial charge in [-0.05, 0) is 12.8 Å². The van der Waals surface area contributed by atoms with Crippen LogP contribution in [0.4, 0.5) is 4.79 Å². The topological polar surface area (TPSA) is 107 Å². The van der Waals surface area contributed by atoms with E-state index in [-0.39, 0.29) is 13.1 Å². The summed E-state index contributed by atoms with van der Waals surface area (Å²) >= 11 is 0. The van der Waals surface area contributed by atoms with E-state index >= 15 is 0 Å². The van der Waals surface area contributed by atoms with Crippen molar-refractivity contribution < 1.29 is 24.6 Å². The van der Waals surface area contributed by atoms with Crippen molar-refractivity contribution in [3.05, 3.63) is 0 Å². The Hall–Kier alpha value is -1.79. The van der Waals surface area contributed by atoms with Gasteiger partial charge in [-0.3, -0.25) is 9.59 Å². The summed E-state index contributed by atoms with van der Waals surface area (Å²) in [6.45, 7) is 0.901. The van der Waals surface area contributed by atoms with E-state index in [0.29, 0.717) is 19.4 Å². The first-order valence-electron chi connectivity index (χ1n) is 5.45. The Labute approximate surface area is 97.4 Å². The molecule has 2 aliphatic rings. The van der Waals surface area contributed by atoms with E-state index in [1.807, 2.05) is 0 Å². The number of aliphatic carboxylic acids is 1. The van der Waals surface area contributed by atoms with Crippen molar-refractivity contribution >= 4 is 18.0 Å². The fourth-order valence-electron chi connectivity index (χ4n) is 2.73. The molecule has 2 aliphatic heterocycles. The Morgan fingerprint density at radius 1 is 1.29 bits per heavy atom. The first-order valence-corrected chi connectivity index (χ1v) is 5.45. The lowest BCUT2D eigenvalue weighted by Crippen LogP contribution is -2.47. The van der Waals surface area contributed by atoms with Crippen molar-refractivity contribution in [1.29, 1.82) is 0 Å². The summed E-state index contributed by atoms with van der Waals surface area (Å²) in [6.07, 6.45) is -0.173. The van der Waals surface area contributed by atoms with E-state index in [0.717, 1.165) is 0 Å². The van der Waals surface area contributed by atoms with Gasteiger partial charge in [0.25, 0.3) is 0 Å². The van der Waals surface area contributed by atoms with Crippen molar-refractivity contribution in [2.45, 2.75) is 12.8 Å². The molecule has 3 N–H and O–H groups in total. The molecule has 17 heavy (non-hydrogen) atoms. The molecule has 2 heterocycles. The van der Waals surface area contributed by atoms with E-state index in [4.69, 9.17) is 10.2 Å². The van der Waals surface area contributed by atoms with Crippen LogP contribution < -0.4 is 5.32 Å². The second-order valence-electron chi connectivity index (χ2n) is 4.62. The van der Waals surface area contributed by atoms with Crippen LogP contribution in [0.3, 0.4) is 0 Å². The van der Waals surface area contributed by atoms with Gasteiger partial charge in [0.05, 0.1) is 0 Å². The average molecular weight is 242 g/mol. The van der Waals surface area contributed by atoms with Gasteiger partial charge in [-0.1, -0.05) is 0 Å². The molecular formula is C10H14N2O5. The molecule has 2 amide bonds. The monoisotopic (exact) mass is 242 g/mol. The summed E-state index contributed by atoms with van der Waals surface area (Å²) in [5.74, 6) is -2.62. The second kappa shape index (κ2) is 3.90. The third kappa shape index (κ3) is 1.81. The van der Waals surface area contributed by atoms with Gasteiger partial charge in [0, 0.05) is 25.0 Å². The smallest absolute Gasteiger partial charge is 0.407 e. The van der Waals surface area contributed by atoms with Crippen molar-refractivity contribution in [3.8, 4) is 0 Å². The first-order chi connectivity index (χ1) is 7.96. The maximum absolute atomic E-state index is 11.5. The lowest BCUT2D eigenvalue weighted by Gasteiger charge is -2.39. The van der Waals surface area contributed by atoms with Crippen LogP contribution in [0.15, 0.2) is 0 Å². The van der Waals surface area contributed by atoms with Crippen molar-refractivity contribution in [1.82, 2.24) is 10.2 Å². The van der Waals surface area contributed by atoms with Crippen LogP contribution in [0, 0.1) is 11.3 Å².